The minimum absolute atomic E-state index is 0.102. The number of hydrogen-bond acceptors (Lipinski definition) is 3. The minimum atomic E-state index is -1.18. The second-order valence-corrected chi connectivity index (χ2v) is 3.43. The van der Waals surface area contributed by atoms with E-state index in [1.807, 2.05) is 0 Å². The van der Waals surface area contributed by atoms with Crippen LogP contribution in [0.3, 0.4) is 0 Å². The fourth-order valence-corrected chi connectivity index (χ4v) is 1.46. The molecule has 16 heavy (non-hydrogen) atoms. The third-order valence-electron chi connectivity index (χ3n) is 2.27. The van der Waals surface area contributed by atoms with E-state index in [1.165, 1.54) is 13.0 Å². The number of hydrogen-bond donors (Lipinski definition) is 2. The first-order valence-electron chi connectivity index (χ1n) is 4.52. The van der Waals surface area contributed by atoms with Gasteiger partial charge in [0.1, 0.15) is 17.1 Å². The summed E-state index contributed by atoms with van der Waals surface area (Å²) in [6.07, 6.45) is 0. The molecular weight excluding hydrogens is 213 g/mol. The van der Waals surface area contributed by atoms with Crippen LogP contribution in [0.15, 0.2) is 18.2 Å². The van der Waals surface area contributed by atoms with Crippen LogP contribution in [-0.4, -0.2) is 21.2 Å². The summed E-state index contributed by atoms with van der Waals surface area (Å²) in [5.41, 5.74) is 0.254. The SMILES string of the molecule is Cc1nc2c(O)cc(C(=O)O)cc2cc1F. The molecule has 1 aromatic carbocycles. The molecule has 0 saturated carbocycles. The van der Waals surface area contributed by atoms with Crippen LogP contribution in [0.2, 0.25) is 0 Å². The lowest BCUT2D eigenvalue weighted by atomic mass is 10.1. The molecule has 1 heterocycles. The Morgan fingerprint density at radius 2 is 2.06 bits per heavy atom. The van der Waals surface area contributed by atoms with Gasteiger partial charge in [-0.15, -0.1) is 0 Å². The van der Waals surface area contributed by atoms with Crippen LogP contribution >= 0.6 is 0 Å². The Kier molecular flexibility index (Phi) is 2.23. The maximum atomic E-state index is 13.2. The van der Waals surface area contributed by atoms with E-state index in [4.69, 9.17) is 5.11 Å². The van der Waals surface area contributed by atoms with Crippen LogP contribution in [-0.2, 0) is 0 Å². The summed E-state index contributed by atoms with van der Waals surface area (Å²) in [7, 11) is 0. The van der Waals surface area contributed by atoms with Gasteiger partial charge in [0.15, 0.2) is 0 Å². The number of aromatic hydroxyl groups is 1. The topological polar surface area (TPSA) is 70.4 Å². The molecule has 0 saturated heterocycles. The number of halogens is 1. The molecule has 0 bridgehead atoms. The average Bonchev–Trinajstić information content (AvgIpc) is 2.20. The summed E-state index contributed by atoms with van der Waals surface area (Å²) < 4.78 is 13.2. The molecular formula is C11H8FNO3. The maximum absolute atomic E-state index is 13.2. The monoisotopic (exact) mass is 221 g/mol. The summed E-state index contributed by atoms with van der Waals surface area (Å²) in [4.78, 5) is 14.6. The van der Waals surface area contributed by atoms with Gasteiger partial charge < -0.3 is 10.2 Å². The number of pyridine rings is 1. The smallest absolute Gasteiger partial charge is 0.335 e. The van der Waals surface area contributed by atoms with Gasteiger partial charge in [0.05, 0.1) is 11.3 Å². The van der Waals surface area contributed by atoms with Gasteiger partial charge in [0, 0.05) is 5.39 Å². The van der Waals surface area contributed by atoms with Gasteiger partial charge in [0.2, 0.25) is 0 Å². The quantitative estimate of drug-likeness (QED) is 0.773. The van der Waals surface area contributed by atoms with Crippen molar-refractivity contribution >= 4 is 16.9 Å². The van der Waals surface area contributed by atoms with E-state index in [1.54, 1.807) is 0 Å². The van der Waals surface area contributed by atoms with Gasteiger partial charge >= 0.3 is 5.97 Å². The van der Waals surface area contributed by atoms with Gasteiger partial charge in [0.25, 0.3) is 0 Å². The Labute approximate surface area is 90.0 Å². The first kappa shape index (κ1) is 10.4. The second-order valence-electron chi connectivity index (χ2n) is 3.43. The van der Waals surface area contributed by atoms with Crippen molar-refractivity contribution in [3.8, 4) is 5.75 Å². The molecule has 0 radical (unpaired) electrons. The fourth-order valence-electron chi connectivity index (χ4n) is 1.46. The number of phenols is 1. The number of aryl methyl sites for hydroxylation is 1. The Bertz CT molecular complexity index is 595. The van der Waals surface area contributed by atoms with E-state index in [2.05, 4.69) is 4.98 Å². The Morgan fingerprint density at radius 3 is 2.69 bits per heavy atom. The molecule has 0 spiro atoms. The third-order valence-corrected chi connectivity index (χ3v) is 2.27. The molecule has 0 aliphatic heterocycles. The molecule has 0 aliphatic rings. The summed E-state index contributed by atoms with van der Waals surface area (Å²) in [5, 5.41) is 18.6. The summed E-state index contributed by atoms with van der Waals surface area (Å²) in [6, 6.07) is 3.52. The van der Waals surface area contributed by atoms with Crippen LogP contribution in [0.1, 0.15) is 16.1 Å². The van der Waals surface area contributed by atoms with Crippen LogP contribution in [0, 0.1) is 12.7 Å². The molecule has 2 N–H and O–H groups in total. The number of carboxylic acid groups (broad SMARTS) is 1. The number of aromatic nitrogens is 1. The van der Waals surface area contributed by atoms with Gasteiger partial charge in [-0.3, -0.25) is 0 Å². The number of carbonyl (C=O) groups is 1. The normalized spacial score (nSPS) is 10.6. The van der Waals surface area contributed by atoms with Crippen molar-refractivity contribution in [1.82, 2.24) is 4.98 Å². The molecule has 0 amide bonds. The molecule has 1 aromatic heterocycles. The zero-order valence-corrected chi connectivity index (χ0v) is 8.36. The number of benzene rings is 1. The van der Waals surface area contributed by atoms with Crippen molar-refractivity contribution in [3.63, 3.8) is 0 Å². The summed E-state index contributed by atoms with van der Waals surface area (Å²) in [5.74, 6) is -1.98. The van der Waals surface area contributed by atoms with E-state index < -0.39 is 11.8 Å². The first-order chi connectivity index (χ1) is 7.49. The number of rotatable bonds is 1. The Balaban J connectivity index is 2.82. The summed E-state index contributed by atoms with van der Waals surface area (Å²) in [6.45, 7) is 1.47. The standard InChI is InChI=1S/C11H8FNO3/c1-5-8(12)3-6-2-7(11(15)16)4-9(14)10(6)13-5/h2-4,14H,1H3,(H,15,16). The highest BCUT2D eigenvalue weighted by atomic mass is 19.1. The van der Waals surface area contributed by atoms with Crippen molar-refractivity contribution in [2.45, 2.75) is 6.92 Å². The lowest BCUT2D eigenvalue weighted by Gasteiger charge is -2.04. The molecule has 0 atom stereocenters. The van der Waals surface area contributed by atoms with Crippen molar-refractivity contribution in [1.29, 1.82) is 0 Å². The maximum Gasteiger partial charge on any atom is 0.335 e. The third kappa shape index (κ3) is 1.56. The number of fused-ring (bicyclic) bond motifs is 1. The van der Waals surface area contributed by atoms with E-state index in [0.717, 1.165) is 12.1 Å². The van der Waals surface area contributed by atoms with Crippen molar-refractivity contribution in [3.05, 3.63) is 35.3 Å². The van der Waals surface area contributed by atoms with E-state index in [-0.39, 0.29) is 27.9 Å². The molecule has 0 aliphatic carbocycles. The zero-order valence-electron chi connectivity index (χ0n) is 8.36. The van der Waals surface area contributed by atoms with Crippen molar-refractivity contribution < 1.29 is 19.4 Å². The van der Waals surface area contributed by atoms with Crippen molar-refractivity contribution in [2.75, 3.05) is 0 Å². The lowest BCUT2D eigenvalue weighted by molar-refractivity contribution is 0.0696. The number of phenolic OH excluding ortho intramolecular Hbond substituents is 1. The van der Waals surface area contributed by atoms with Gasteiger partial charge in [-0.1, -0.05) is 0 Å². The van der Waals surface area contributed by atoms with Crippen LogP contribution in [0.5, 0.6) is 5.75 Å². The Morgan fingerprint density at radius 1 is 1.38 bits per heavy atom. The number of nitrogens with zero attached hydrogens (tertiary/aromatic N) is 1. The highest BCUT2D eigenvalue weighted by Gasteiger charge is 2.11. The molecule has 2 rings (SSSR count). The summed E-state index contributed by atoms with van der Waals surface area (Å²) >= 11 is 0. The van der Waals surface area contributed by atoms with E-state index >= 15 is 0 Å². The average molecular weight is 221 g/mol. The van der Waals surface area contributed by atoms with E-state index in [0.29, 0.717) is 0 Å². The highest BCUT2D eigenvalue weighted by Crippen LogP contribution is 2.26. The predicted octanol–water partition coefficient (Wildman–Crippen LogP) is 2.09. The lowest BCUT2D eigenvalue weighted by Crippen LogP contribution is -1.97. The molecule has 82 valence electrons. The van der Waals surface area contributed by atoms with Crippen LogP contribution < -0.4 is 0 Å². The minimum Gasteiger partial charge on any atom is -0.506 e. The van der Waals surface area contributed by atoms with Gasteiger partial charge in [-0.05, 0) is 25.1 Å². The van der Waals surface area contributed by atoms with Gasteiger partial charge in [-0.2, -0.15) is 0 Å². The van der Waals surface area contributed by atoms with Crippen LogP contribution in [0.4, 0.5) is 4.39 Å². The Hall–Kier alpha value is -2.17. The first-order valence-corrected chi connectivity index (χ1v) is 4.52. The molecule has 2 aromatic rings. The molecule has 4 nitrogen and oxygen atoms in total. The number of aromatic carboxylic acids is 1. The zero-order chi connectivity index (χ0) is 11.9. The van der Waals surface area contributed by atoms with E-state index in [9.17, 15) is 14.3 Å². The van der Waals surface area contributed by atoms with Crippen LogP contribution in [0.25, 0.3) is 10.9 Å². The fraction of sp³-hybridized carbons (Fsp3) is 0.0909. The number of carboxylic acids is 1. The van der Waals surface area contributed by atoms with Crippen molar-refractivity contribution in [2.24, 2.45) is 0 Å². The molecule has 0 fully saturated rings. The van der Waals surface area contributed by atoms with Gasteiger partial charge in [-0.25, -0.2) is 14.2 Å². The second kappa shape index (κ2) is 3.44. The predicted molar refractivity (Wildman–Crippen MR) is 55.1 cm³/mol. The molecule has 0 unspecified atom stereocenters. The highest BCUT2D eigenvalue weighted by molar-refractivity contribution is 5.95. The largest absolute Gasteiger partial charge is 0.506 e. The molecule has 5 heteroatoms.